The number of rotatable bonds is 3. The monoisotopic (exact) mass is 314 g/mol. The van der Waals surface area contributed by atoms with Crippen molar-refractivity contribution in [1.29, 1.82) is 0 Å². The standard InChI is InChI=1S/C12H12BrClN2O/c1-2-10(15)12-6-11(16-17-12)8-5-7(14)3-4-9(8)13/h3-6,10H,2,15H2,1H3. The van der Waals surface area contributed by atoms with Gasteiger partial charge >= 0.3 is 0 Å². The molecule has 0 aliphatic carbocycles. The van der Waals surface area contributed by atoms with E-state index in [1.54, 1.807) is 0 Å². The topological polar surface area (TPSA) is 52.0 Å². The Morgan fingerprint density at radius 3 is 2.94 bits per heavy atom. The molecule has 0 bridgehead atoms. The molecule has 0 aliphatic heterocycles. The van der Waals surface area contributed by atoms with Gasteiger partial charge in [-0.25, -0.2) is 0 Å². The smallest absolute Gasteiger partial charge is 0.154 e. The quantitative estimate of drug-likeness (QED) is 0.925. The first-order chi connectivity index (χ1) is 8.11. The highest BCUT2D eigenvalue weighted by molar-refractivity contribution is 9.10. The summed E-state index contributed by atoms with van der Waals surface area (Å²) in [5, 5.41) is 4.67. The highest BCUT2D eigenvalue weighted by atomic mass is 79.9. The number of hydrogen-bond donors (Lipinski definition) is 1. The van der Waals surface area contributed by atoms with E-state index in [1.807, 2.05) is 31.2 Å². The minimum Gasteiger partial charge on any atom is -0.359 e. The second kappa shape index (κ2) is 5.21. The van der Waals surface area contributed by atoms with Crippen LogP contribution in [0.4, 0.5) is 0 Å². The Bertz CT molecular complexity index is 527. The lowest BCUT2D eigenvalue weighted by atomic mass is 10.1. The Labute approximate surface area is 113 Å². The third kappa shape index (κ3) is 2.70. The molecule has 2 rings (SSSR count). The summed E-state index contributed by atoms with van der Waals surface area (Å²) in [6.07, 6.45) is 0.811. The Morgan fingerprint density at radius 1 is 1.47 bits per heavy atom. The molecule has 0 saturated carbocycles. The fourth-order valence-corrected chi connectivity index (χ4v) is 2.11. The second-order valence-electron chi connectivity index (χ2n) is 3.75. The largest absolute Gasteiger partial charge is 0.359 e. The minimum atomic E-state index is -0.116. The molecule has 0 spiro atoms. The molecule has 1 heterocycles. The average Bonchev–Trinajstić information content (AvgIpc) is 2.80. The SMILES string of the molecule is CCC(N)c1cc(-c2cc(Cl)ccc2Br)no1. The molecule has 17 heavy (non-hydrogen) atoms. The van der Waals surface area contributed by atoms with Crippen LogP contribution in [-0.4, -0.2) is 5.16 Å². The van der Waals surface area contributed by atoms with Crippen molar-refractivity contribution in [2.45, 2.75) is 19.4 Å². The van der Waals surface area contributed by atoms with Crippen LogP contribution >= 0.6 is 27.5 Å². The lowest BCUT2D eigenvalue weighted by molar-refractivity contribution is 0.360. The maximum absolute atomic E-state index is 5.96. The zero-order valence-corrected chi connectivity index (χ0v) is 11.6. The van der Waals surface area contributed by atoms with Gasteiger partial charge in [0.15, 0.2) is 5.76 Å². The van der Waals surface area contributed by atoms with Crippen molar-refractivity contribution in [2.75, 3.05) is 0 Å². The average molecular weight is 316 g/mol. The summed E-state index contributed by atoms with van der Waals surface area (Å²) in [7, 11) is 0. The third-order valence-corrected chi connectivity index (χ3v) is 3.46. The van der Waals surface area contributed by atoms with Crippen molar-refractivity contribution in [3.63, 3.8) is 0 Å². The molecule has 0 amide bonds. The highest BCUT2D eigenvalue weighted by Crippen LogP contribution is 2.31. The number of benzene rings is 1. The second-order valence-corrected chi connectivity index (χ2v) is 5.04. The minimum absolute atomic E-state index is 0.116. The van der Waals surface area contributed by atoms with Crippen LogP contribution in [0.15, 0.2) is 33.3 Å². The molecule has 1 aromatic heterocycles. The molecule has 2 aromatic rings. The van der Waals surface area contributed by atoms with Gasteiger partial charge in [-0.2, -0.15) is 0 Å². The van der Waals surface area contributed by atoms with Gasteiger partial charge in [0, 0.05) is 21.1 Å². The molecule has 3 nitrogen and oxygen atoms in total. The van der Waals surface area contributed by atoms with Gasteiger partial charge in [0.05, 0.1) is 6.04 Å². The fraction of sp³-hybridized carbons (Fsp3) is 0.250. The fourth-order valence-electron chi connectivity index (χ4n) is 1.49. The summed E-state index contributed by atoms with van der Waals surface area (Å²) in [5.74, 6) is 0.689. The van der Waals surface area contributed by atoms with Crippen molar-refractivity contribution in [2.24, 2.45) is 5.73 Å². The van der Waals surface area contributed by atoms with E-state index in [0.717, 1.165) is 22.2 Å². The van der Waals surface area contributed by atoms with Crippen molar-refractivity contribution in [3.8, 4) is 11.3 Å². The summed E-state index contributed by atoms with van der Waals surface area (Å²) < 4.78 is 6.15. The molecule has 2 N–H and O–H groups in total. The molecular formula is C12H12BrClN2O. The van der Waals surface area contributed by atoms with Crippen LogP contribution in [0.1, 0.15) is 25.1 Å². The summed E-state index contributed by atoms with van der Waals surface area (Å²) >= 11 is 9.42. The van der Waals surface area contributed by atoms with Gasteiger partial charge in [-0.1, -0.05) is 39.6 Å². The van der Waals surface area contributed by atoms with E-state index in [0.29, 0.717) is 10.8 Å². The van der Waals surface area contributed by atoms with Crippen LogP contribution in [0, 0.1) is 0 Å². The third-order valence-electron chi connectivity index (χ3n) is 2.54. The predicted octanol–water partition coefficient (Wildman–Crippen LogP) is 4.17. The first-order valence-electron chi connectivity index (χ1n) is 5.29. The van der Waals surface area contributed by atoms with Crippen LogP contribution in [0.3, 0.4) is 0 Å². The van der Waals surface area contributed by atoms with E-state index in [4.69, 9.17) is 21.9 Å². The van der Waals surface area contributed by atoms with Crippen LogP contribution in [0.2, 0.25) is 5.02 Å². The predicted molar refractivity (Wildman–Crippen MR) is 71.9 cm³/mol. The number of hydrogen-bond acceptors (Lipinski definition) is 3. The molecule has 1 unspecified atom stereocenters. The molecule has 1 aromatic carbocycles. The Kier molecular flexibility index (Phi) is 3.86. The number of nitrogens with zero attached hydrogens (tertiary/aromatic N) is 1. The van der Waals surface area contributed by atoms with Crippen molar-refractivity contribution in [1.82, 2.24) is 5.16 Å². The maximum Gasteiger partial charge on any atom is 0.154 e. The van der Waals surface area contributed by atoms with Crippen molar-refractivity contribution < 1.29 is 4.52 Å². The van der Waals surface area contributed by atoms with E-state index in [1.165, 1.54) is 0 Å². The molecule has 0 aliphatic rings. The van der Waals surface area contributed by atoms with Crippen LogP contribution in [0.5, 0.6) is 0 Å². The maximum atomic E-state index is 5.96. The first kappa shape index (κ1) is 12.6. The lowest BCUT2D eigenvalue weighted by Gasteiger charge is -2.01. The summed E-state index contributed by atoms with van der Waals surface area (Å²) in [5.41, 5.74) is 7.52. The molecule has 5 heteroatoms. The first-order valence-corrected chi connectivity index (χ1v) is 6.46. The zero-order chi connectivity index (χ0) is 12.4. The summed E-state index contributed by atoms with van der Waals surface area (Å²) in [6, 6.07) is 7.27. The van der Waals surface area contributed by atoms with E-state index in [2.05, 4.69) is 21.1 Å². The van der Waals surface area contributed by atoms with Crippen molar-refractivity contribution >= 4 is 27.5 Å². The molecule has 0 fully saturated rings. The Hall–Kier alpha value is -0.840. The number of halogens is 2. The van der Waals surface area contributed by atoms with Crippen LogP contribution < -0.4 is 5.73 Å². The lowest BCUT2D eigenvalue weighted by Crippen LogP contribution is -2.06. The van der Waals surface area contributed by atoms with Gasteiger partial charge in [0.1, 0.15) is 5.69 Å². The van der Waals surface area contributed by atoms with Crippen LogP contribution in [-0.2, 0) is 0 Å². The van der Waals surface area contributed by atoms with Gasteiger partial charge in [-0.15, -0.1) is 0 Å². The van der Waals surface area contributed by atoms with Gasteiger partial charge in [0.25, 0.3) is 0 Å². The highest BCUT2D eigenvalue weighted by Gasteiger charge is 2.13. The van der Waals surface area contributed by atoms with E-state index in [9.17, 15) is 0 Å². The Balaban J connectivity index is 2.40. The van der Waals surface area contributed by atoms with Crippen molar-refractivity contribution in [3.05, 3.63) is 39.5 Å². The normalized spacial score (nSPS) is 12.7. The molecule has 1 atom stereocenters. The van der Waals surface area contributed by atoms with Crippen LogP contribution in [0.25, 0.3) is 11.3 Å². The molecular weight excluding hydrogens is 304 g/mol. The number of aromatic nitrogens is 1. The molecule has 0 saturated heterocycles. The van der Waals surface area contributed by atoms with E-state index in [-0.39, 0.29) is 6.04 Å². The number of nitrogens with two attached hydrogens (primary N) is 1. The molecule has 0 radical (unpaired) electrons. The molecule has 90 valence electrons. The summed E-state index contributed by atoms with van der Waals surface area (Å²) in [4.78, 5) is 0. The van der Waals surface area contributed by atoms with Gasteiger partial charge < -0.3 is 10.3 Å². The van der Waals surface area contributed by atoms with E-state index >= 15 is 0 Å². The van der Waals surface area contributed by atoms with Gasteiger partial charge in [-0.3, -0.25) is 0 Å². The zero-order valence-electron chi connectivity index (χ0n) is 9.28. The van der Waals surface area contributed by atoms with Gasteiger partial charge in [0.2, 0.25) is 0 Å². The Morgan fingerprint density at radius 2 is 2.24 bits per heavy atom. The van der Waals surface area contributed by atoms with Gasteiger partial charge in [-0.05, 0) is 24.6 Å². The summed E-state index contributed by atoms with van der Waals surface area (Å²) in [6.45, 7) is 2.00. The van der Waals surface area contributed by atoms with E-state index < -0.39 is 0 Å².